The van der Waals surface area contributed by atoms with E-state index in [9.17, 15) is 13.6 Å². The Morgan fingerprint density at radius 1 is 1.50 bits per heavy atom. The van der Waals surface area contributed by atoms with Crippen molar-refractivity contribution in [3.05, 3.63) is 12.3 Å². The van der Waals surface area contributed by atoms with Gasteiger partial charge in [0.25, 0.3) is 6.43 Å². The van der Waals surface area contributed by atoms with Crippen LogP contribution in [0.3, 0.4) is 0 Å². The molecule has 0 spiro atoms. The van der Waals surface area contributed by atoms with Gasteiger partial charge in [-0.3, -0.25) is 4.68 Å². The van der Waals surface area contributed by atoms with Crippen LogP contribution in [-0.4, -0.2) is 52.4 Å². The second-order valence-corrected chi connectivity index (χ2v) is 7.13. The number of piperidine rings is 1. The van der Waals surface area contributed by atoms with Gasteiger partial charge in [-0.15, -0.1) is 0 Å². The first kappa shape index (κ1) is 18.5. The molecule has 0 unspecified atom stereocenters. The predicted octanol–water partition coefficient (Wildman–Crippen LogP) is 3.21. The molecule has 1 fully saturated rings. The van der Waals surface area contributed by atoms with Gasteiger partial charge in [0.2, 0.25) is 0 Å². The Morgan fingerprint density at radius 3 is 2.92 bits per heavy atom. The van der Waals surface area contributed by atoms with Crippen LogP contribution in [0.2, 0.25) is 0 Å². The third-order valence-corrected chi connectivity index (χ3v) is 3.71. The summed E-state index contributed by atoms with van der Waals surface area (Å²) in [6, 6.07) is 1.68. The van der Waals surface area contributed by atoms with Crippen LogP contribution in [0.5, 0.6) is 0 Å². The zero-order chi connectivity index (χ0) is 17.7. The van der Waals surface area contributed by atoms with Crippen molar-refractivity contribution in [1.29, 1.82) is 0 Å². The minimum absolute atomic E-state index is 0.284. The molecule has 0 radical (unpaired) electrons. The fraction of sp³-hybridized carbons (Fsp3) is 0.750. The van der Waals surface area contributed by atoms with E-state index in [-0.39, 0.29) is 12.0 Å². The molecule has 1 amide bonds. The maximum atomic E-state index is 12.3. The molecule has 0 aliphatic carbocycles. The molecule has 1 aliphatic heterocycles. The van der Waals surface area contributed by atoms with Gasteiger partial charge >= 0.3 is 6.09 Å². The van der Waals surface area contributed by atoms with Gasteiger partial charge in [0, 0.05) is 31.9 Å². The van der Waals surface area contributed by atoms with Crippen LogP contribution < -0.4 is 5.32 Å². The number of halogens is 2. The van der Waals surface area contributed by atoms with E-state index < -0.39 is 18.6 Å². The Balaban J connectivity index is 1.80. The van der Waals surface area contributed by atoms with Gasteiger partial charge in [-0.25, -0.2) is 13.6 Å². The van der Waals surface area contributed by atoms with E-state index >= 15 is 0 Å². The molecule has 6 nitrogen and oxygen atoms in total. The molecule has 1 atom stereocenters. The number of nitrogens with one attached hydrogen (secondary N) is 1. The second-order valence-electron chi connectivity index (χ2n) is 7.13. The van der Waals surface area contributed by atoms with Crippen LogP contribution in [-0.2, 0) is 11.3 Å². The summed E-state index contributed by atoms with van der Waals surface area (Å²) >= 11 is 0. The summed E-state index contributed by atoms with van der Waals surface area (Å²) in [5, 5.41) is 7.22. The standard InChI is InChI=1S/C16H26F2N4O2/c1-16(2,3)24-15(23)21-7-4-5-12(10-21)9-19-14-6-8-22(20-14)11-13(17)18/h6,8,12-13H,4-5,7,9-11H2,1-3H3,(H,19,20)/t12-/m0/s1. The van der Waals surface area contributed by atoms with E-state index in [1.54, 1.807) is 11.0 Å². The van der Waals surface area contributed by atoms with Gasteiger partial charge in [-0.2, -0.15) is 5.10 Å². The van der Waals surface area contributed by atoms with E-state index in [4.69, 9.17) is 4.74 Å². The Kier molecular flexibility index (Phi) is 6.01. The number of hydrogen-bond donors (Lipinski definition) is 1. The van der Waals surface area contributed by atoms with Crippen LogP contribution in [0.1, 0.15) is 33.6 Å². The number of nitrogens with zero attached hydrogens (tertiary/aromatic N) is 3. The fourth-order valence-corrected chi connectivity index (χ4v) is 2.67. The number of carbonyl (C=O) groups is 1. The fourth-order valence-electron chi connectivity index (χ4n) is 2.67. The summed E-state index contributed by atoms with van der Waals surface area (Å²) in [5.41, 5.74) is -0.500. The van der Waals surface area contributed by atoms with Crippen molar-refractivity contribution in [2.45, 2.75) is 52.2 Å². The molecule has 24 heavy (non-hydrogen) atoms. The minimum atomic E-state index is -2.42. The normalized spacial score (nSPS) is 18.8. The number of aromatic nitrogens is 2. The number of carbonyl (C=O) groups excluding carboxylic acids is 1. The van der Waals surface area contributed by atoms with E-state index in [0.29, 0.717) is 25.5 Å². The lowest BCUT2D eigenvalue weighted by atomic mass is 9.98. The van der Waals surface area contributed by atoms with E-state index in [2.05, 4.69) is 10.4 Å². The molecular weight excluding hydrogens is 318 g/mol. The van der Waals surface area contributed by atoms with E-state index in [1.807, 2.05) is 20.8 Å². The number of alkyl halides is 2. The second kappa shape index (κ2) is 7.81. The van der Waals surface area contributed by atoms with Crippen molar-refractivity contribution < 1.29 is 18.3 Å². The van der Waals surface area contributed by atoms with Gasteiger partial charge < -0.3 is 15.0 Å². The molecule has 1 aromatic heterocycles. The number of ether oxygens (including phenoxy) is 1. The molecule has 1 N–H and O–H groups in total. The summed E-state index contributed by atoms with van der Waals surface area (Å²) in [6.45, 7) is 7.12. The predicted molar refractivity (Wildman–Crippen MR) is 87.3 cm³/mol. The van der Waals surface area contributed by atoms with Gasteiger partial charge in [0.05, 0.1) is 0 Å². The lowest BCUT2D eigenvalue weighted by molar-refractivity contribution is 0.0172. The molecule has 0 bridgehead atoms. The monoisotopic (exact) mass is 344 g/mol. The van der Waals surface area contributed by atoms with Crippen molar-refractivity contribution in [2.24, 2.45) is 5.92 Å². The number of hydrogen-bond acceptors (Lipinski definition) is 4. The number of likely N-dealkylation sites (tertiary alicyclic amines) is 1. The smallest absolute Gasteiger partial charge is 0.410 e. The lowest BCUT2D eigenvalue weighted by Crippen LogP contribution is -2.44. The topological polar surface area (TPSA) is 59.4 Å². The zero-order valence-corrected chi connectivity index (χ0v) is 14.5. The lowest BCUT2D eigenvalue weighted by Gasteiger charge is -2.34. The quantitative estimate of drug-likeness (QED) is 0.891. The highest BCUT2D eigenvalue weighted by Crippen LogP contribution is 2.20. The minimum Gasteiger partial charge on any atom is -0.444 e. The van der Waals surface area contributed by atoms with Gasteiger partial charge in [0.1, 0.15) is 18.0 Å². The molecule has 136 valence electrons. The molecule has 1 saturated heterocycles. The van der Waals surface area contributed by atoms with Crippen molar-refractivity contribution in [2.75, 3.05) is 25.0 Å². The average molecular weight is 344 g/mol. The van der Waals surface area contributed by atoms with Gasteiger partial charge in [0.15, 0.2) is 0 Å². The van der Waals surface area contributed by atoms with Crippen molar-refractivity contribution in [3.8, 4) is 0 Å². The summed E-state index contributed by atoms with van der Waals surface area (Å²) in [6.07, 6.45) is 0.754. The van der Waals surface area contributed by atoms with Crippen molar-refractivity contribution in [3.63, 3.8) is 0 Å². The van der Waals surface area contributed by atoms with Gasteiger partial charge in [-0.05, 0) is 39.5 Å². The summed E-state index contributed by atoms with van der Waals surface area (Å²) in [7, 11) is 0. The zero-order valence-electron chi connectivity index (χ0n) is 14.5. The average Bonchev–Trinajstić information content (AvgIpc) is 2.90. The van der Waals surface area contributed by atoms with Crippen LogP contribution in [0.4, 0.5) is 19.4 Å². The van der Waals surface area contributed by atoms with E-state index in [0.717, 1.165) is 12.8 Å². The first-order valence-electron chi connectivity index (χ1n) is 8.26. The first-order chi connectivity index (χ1) is 11.2. The molecule has 0 aromatic carbocycles. The Hall–Kier alpha value is -1.86. The van der Waals surface area contributed by atoms with Crippen LogP contribution in [0.15, 0.2) is 12.3 Å². The number of anilines is 1. The molecule has 2 heterocycles. The maximum Gasteiger partial charge on any atom is 0.410 e. The molecule has 8 heteroatoms. The Bertz CT molecular complexity index is 542. The summed E-state index contributed by atoms with van der Waals surface area (Å²) in [5.74, 6) is 0.858. The molecule has 1 aliphatic rings. The van der Waals surface area contributed by atoms with Crippen LogP contribution in [0, 0.1) is 5.92 Å². The molecule has 2 rings (SSSR count). The molecular formula is C16H26F2N4O2. The largest absolute Gasteiger partial charge is 0.444 e. The molecule has 1 aromatic rings. The molecule has 0 saturated carbocycles. The summed E-state index contributed by atoms with van der Waals surface area (Å²) < 4.78 is 31.3. The summed E-state index contributed by atoms with van der Waals surface area (Å²) in [4.78, 5) is 13.9. The van der Waals surface area contributed by atoms with E-state index in [1.165, 1.54) is 10.9 Å². The highest BCUT2D eigenvalue weighted by atomic mass is 19.3. The van der Waals surface area contributed by atoms with Crippen molar-refractivity contribution in [1.82, 2.24) is 14.7 Å². The van der Waals surface area contributed by atoms with Crippen LogP contribution in [0.25, 0.3) is 0 Å². The number of rotatable bonds is 5. The Labute approximate surface area is 141 Å². The maximum absolute atomic E-state index is 12.3. The number of amides is 1. The SMILES string of the molecule is CC(C)(C)OC(=O)N1CCC[C@@H](CNc2ccn(CC(F)F)n2)C1. The van der Waals surface area contributed by atoms with Crippen LogP contribution >= 0.6 is 0 Å². The van der Waals surface area contributed by atoms with Crippen molar-refractivity contribution >= 4 is 11.9 Å². The highest BCUT2D eigenvalue weighted by Gasteiger charge is 2.27. The van der Waals surface area contributed by atoms with Gasteiger partial charge in [-0.1, -0.05) is 0 Å². The highest BCUT2D eigenvalue weighted by molar-refractivity contribution is 5.68. The Morgan fingerprint density at radius 2 is 2.25 bits per heavy atom. The third kappa shape index (κ3) is 5.98. The third-order valence-electron chi connectivity index (χ3n) is 3.71. The first-order valence-corrected chi connectivity index (χ1v) is 8.26.